The molecule has 1 atom stereocenters. The Morgan fingerprint density at radius 1 is 1.00 bits per heavy atom. The van der Waals surface area contributed by atoms with Crippen molar-refractivity contribution in [1.29, 1.82) is 0 Å². The number of aliphatic hydroxyl groups is 1. The first-order chi connectivity index (χ1) is 12.5. The first-order valence-corrected chi connectivity index (χ1v) is 9.25. The van der Waals surface area contributed by atoms with Gasteiger partial charge in [-0.2, -0.15) is 0 Å². The molecule has 1 aliphatic rings. The molecule has 26 heavy (non-hydrogen) atoms. The van der Waals surface area contributed by atoms with Crippen LogP contribution in [-0.2, 0) is 12.3 Å². The van der Waals surface area contributed by atoms with Gasteiger partial charge < -0.3 is 5.11 Å². The van der Waals surface area contributed by atoms with E-state index in [4.69, 9.17) is 0 Å². The van der Waals surface area contributed by atoms with Gasteiger partial charge in [-0.15, -0.1) is 0 Å². The topological polar surface area (TPSA) is 40.5 Å². The van der Waals surface area contributed by atoms with Crippen LogP contribution in [-0.4, -0.2) is 15.9 Å². The van der Waals surface area contributed by atoms with Crippen molar-refractivity contribution < 1.29 is 9.90 Å². The summed E-state index contributed by atoms with van der Waals surface area (Å²) in [4.78, 5) is 14.6. The zero-order valence-corrected chi connectivity index (χ0v) is 15.9. The van der Waals surface area contributed by atoms with Gasteiger partial charge in [0.25, 0.3) is 5.91 Å². The number of nitrogens with zero attached hydrogens (tertiary/aromatic N) is 1. The van der Waals surface area contributed by atoms with E-state index in [0.717, 1.165) is 15.6 Å². The Hall–Kier alpha value is -2.43. The van der Waals surface area contributed by atoms with E-state index in [1.54, 1.807) is 11.0 Å². The number of benzene rings is 3. The second kappa shape index (κ2) is 6.38. The number of aryl methyl sites for hydroxylation is 1. The Balaban J connectivity index is 1.86. The summed E-state index contributed by atoms with van der Waals surface area (Å²) in [5.41, 5.74) is 2.44. The Morgan fingerprint density at radius 2 is 1.73 bits per heavy atom. The summed E-state index contributed by atoms with van der Waals surface area (Å²) in [5, 5.41) is 11.8. The monoisotopic (exact) mass is 407 g/mol. The Morgan fingerprint density at radius 3 is 2.46 bits per heavy atom. The standard InChI is InChI=1S/C22H18BrNO2/c1-15-9-11-17(12-10-15)22(26)20-8-3-2-7-19(20)21(25)24(22)14-16-5-4-6-18(23)13-16/h2-13,26H,14H2,1H3. The van der Waals surface area contributed by atoms with Crippen LogP contribution in [0.3, 0.4) is 0 Å². The van der Waals surface area contributed by atoms with Gasteiger partial charge in [-0.3, -0.25) is 9.69 Å². The Labute approximate surface area is 161 Å². The third-order valence-corrected chi connectivity index (χ3v) is 5.35. The highest BCUT2D eigenvalue weighted by molar-refractivity contribution is 9.10. The van der Waals surface area contributed by atoms with Crippen molar-refractivity contribution in [3.63, 3.8) is 0 Å². The maximum absolute atomic E-state index is 13.1. The van der Waals surface area contributed by atoms with Crippen LogP contribution in [0.2, 0.25) is 0 Å². The molecular weight excluding hydrogens is 390 g/mol. The van der Waals surface area contributed by atoms with Crippen LogP contribution in [0.1, 0.15) is 32.6 Å². The van der Waals surface area contributed by atoms with Crippen LogP contribution in [0.25, 0.3) is 0 Å². The van der Waals surface area contributed by atoms with E-state index in [1.807, 2.05) is 73.7 Å². The zero-order valence-electron chi connectivity index (χ0n) is 14.3. The lowest BCUT2D eigenvalue weighted by Crippen LogP contribution is -2.44. The molecule has 0 radical (unpaired) electrons. The molecule has 3 nitrogen and oxygen atoms in total. The van der Waals surface area contributed by atoms with Crippen molar-refractivity contribution in [2.75, 3.05) is 0 Å². The minimum Gasteiger partial charge on any atom is -0.363 e. The van der Waals surface area contributed by atoms with Crippen molar-refractivity contribution in [2.45, 2.75) is 19.2 Å². The van der Waals surface area contributed by atoms with Crippen LogP contribution in [0.4, 0.5) is 0 Å². The van der Waals surface area contributed by atoms with Crippen LogP contribution in [0.15, 0.2) is 77.3 Å². The fourth-order valence-electron chi connectivity index (χ4n) is 3.51. The summed E-state index contributed by atoms with van der Waals surface area (Å²) >= 11 is 3.47. The van der Waals surface area contributed by atoms with E-state index in [2.05, 4.69) is 15.9 Å². The van der Waals surface area contributed by atoms with E-state index < -0.39 is 5.72 Å². The lowest BCUT2D eigenvalue weighted by Gasteiger charge is -2.35. The summed E-state index contributed by atoms with van der Waals surface area (Å²) in [6, 6.07) is 22.8. The number of amides is 1. The molecule has 1 N–H and O–H groups in total. The largest absolute Gasteiger partial charge is 0.363 e. The van der Waals surface area contributed by atoms with Gasteiger partial charge in [0, 0.05) is 27.7 Å². The van der Waals surface area contributed by atoms with Crippen LogP contribution in [0, 0.1) is 6.92 Å². The molecule has 1 unspecified atom stereocenters. The van der Waals surface area contributed by atoms with Crippen LogP contribution in [0.5, 0.6) is 0 Å². The zero-order chi connectivity index (χ0) is 18.3. The highest BCUT2D eigenvalue weighted by atomic mass is 79.9. The Bertz CT molecular complexity index is 983. The summed E-state index contributed by atoms with van der Waals surface area (Å²) in [7, 11) is 0. The molecule has 3 aromatic rings. The number of hydrogen-bond donors (Lipinski definition) is 1. The predicted molar refractivity (Wildman–Crippen MR) is 105 cm³/mol. The molecule has 0 saturated carbocycles. The highest BCUT2D eigenvalue weighted by Gasteiger charge is 2.49. The van der Waals surface area contributed by atoms with Crippen molar-refractivity contribution >= 4 is 21.8 Å². The first-order valence-electron chi connectivity index (χ1n) is 8.45. The number of carbonyl (C=O) groups excluding carboxylic acids is 1. The molecule has 0 aliphatic carbocycles. The number of rotatable bonds is 3. The van der Waals surface area contributed by atoms with Crippen molar-refractivity contribution in [1.82, 2.24) is 4.90 Å². The van der Waals surface area contributed by atoms with Crippen molar-refractivity contribution in [3.8, 4) is 0 Å². The van der Waals surface area contributed by atoms with Crippen molar-refractivity contribution in [3.05, 3.63) is 105 Å². The van der Waals surface area contributed by atoms with Gasteiger partial charge in [0.05, 0.1) is 0 Å². The van der Waals surface area contributed by atoms with Gasteiger partial charge in [-0.1, -0.05) is 76.1 Å². The first kappa shape index (κ1) is 17.0. The molecule has 0 aromatic heterocycles. The third-order valence-electron chi connectivity index (χ3n) is 4.85. The molecule has 0 fully saturated rings. The van der Waals surface area contributed by atoms with Gasteiger partial charge >= 0.3 is 0 Å². The number of hydrogen-bond acceptors (Lipinski definition) is 2. The van der Waals surface area contributed by atoms with E-state index in [-0.39, 0.29) is 5.91 Å². The van der Waals surface area contributed by atoms with Gasteiger partial charge in [0.1, 0.15) is 0 Å². The minimum atomic E-state index is -1.48. The van der Waals surface area contributed by atoms with E-state index in [1.165, 1.54) is 0 Å². The quantitative estimate of drug-likeness (QED) is 0.688. The van der Waals surface area contributed by atoms with E-state index in [0.29, 0.717) is 23.2 Å². The molecule has 0 spiro atoms. The molecule has 0 bridgehead atoms. The SMILES string of the molecule is Cc1ccc(C2(O)c3ccccc3C(=O)N2Cc2cccc(Br)c2)cc1. The lowest BCUT2D eigenvalue weighted by molar-refractivity contribution is -0.0543. The van der Waals surface area contributed by atoms with Crippen LogP contribution < -0.4 is 0 Å². The summed E-state index contributed by atoms with van der Waals surface area (Å²) < 4.78 is 0.943. The normalized spacial score (nSPS) is 18.9. The number of halogens is 1. The average Bonchev–Trinajstić information content (AvgIpc) is 2.86. The second-order valence-corrected chi connectivity index (χ2v) is 7.52. The molecule has 1 amide bonds. The summed E-state index contributed by atoms with van der Waals surface area (Å²) in [6.45, 7) is 2.32. The molecule has 3 aromatic carbocycles. The fourth-order valence-corrected chi connectivity index (χ4v) is 3.96. The molecule has 1 aliphatic heterocycles. The molecule has 130 valence electrons. The van der Waals surface area contributed by atoms with E-state index in [9.17, 15) is 9.90 Å². The van der Waals surface area contributed by atoms with Gasteiger partial charge in [0.15, 0.2) is 5.72 Å². The van der Waals surface area contributed by atoms with Gasteiger partial charge in [-0.05, 0) is 30.7 Å². The van der Waals surface area contributed by atoms with E-state index >= 15 is 0 Å². The molecule has 0 saturated heterocycles. The molecule has 4 rings (SSSR count). The molecular formula is C22H18BrNO2. The Kier molecular flexibility index (Phi) is 4.17. The van der Waals surface area contributed by atoms with Gasteiger partial charge in [-0.25, -0.2) is 0 Å². The smallest absolute Gasteiger partial charge is 0.257 e. The number of carbonyl (C=O) groups is 1. The van der Waals surface area contributed by atoms with Crippen molar-refractivity contribution in [2.24, 2.45) is 0 Å². The maximum atomic E-state index is 13.1. The third kappa shape index (κ3) is 2.66. The maximum Gasteiger partial charge on any atom is 0.257 e. The fraction of sp³-hybridized carbons (Fsp3) is 0.136. The van der Waals surface area contributed by atoms with Gasteiger partial charge in [0.2, 0.25) is 0 Å². The molecule has 4 heteroatoms. The lowest BCUT2D eigenvalue weighted by atomic mass is 9.93. The minimum absolute atomic E-state index is 0.163. The molecule has 1 heterocycles. The average molecular weight is 408 g/mol. The highest BCUT2D eigenvalue weighted by Crippen LogP contribution is 2.43. The second-order valence-electron chi connectivity index (χ2n) is 6.61. The van der Waals surface area contributed by atoms with Crippen LogP contribution >= 0.6 is 15.9 Å². The summed E-state index contributed by atoms with van der Waals surface area (Å²) in [5.74, 6) is -0.163. The number of fused-ring (bicyclic) bond motifs is 1. The predicted octanol–water partition coefficient (Wildman–Crippen LogP) is 4.61. The summed E-state index contributed by atoms with van der Waals surface area (Å²) in [6.07, 6.45) is 0.